The van der Waals surface area contributed by atoms with Gasteiger partial charge in [-0.1, -0.05) is 0 Å². The summed E-state index contributed by atoms with van der Waals surface area (Å²) in [7, 11) is 3.21. The maximum absolute atomic E-state index is 11.6. The Morgan fingerprint density at radius 1 is 1.32 bits per heavy atom. The van der Waals surface area contributed by atoms with Crippen LogP contribution in [0.5, 0.6) is 0 Å². The molecule has 0 unspecified atom stereocenters. The molecule has 3 amide bonds. The van der Waals surface area contributed by atoms with Crippen LogP contribution in [0.3, 0.4) is 0 Å². The minimum Gasteiger partial charge on any atom is -0.361 e. The molecule has 0 fully saturated rings. The summed E-state index contributed by atoms with van der Waals surface area (Å²) in [5, 5.41) is 0. The normalized spacial score (nSPS) is 14.0. The first-order valence-corrected chi connectivity index (χ1v) is 5.89. The Hall–Kier alpha value is -2.37. The molecule has 6 heteroatoms. The first-order valence-electron chi connectivity index (χ1n) is 5.89. The van der Waals surface area contributed by atoms with Crippen molar-refractivity contribution in [1.82, 2.24) is 0 Å². The summed E-state index contributed by atoms with van der Waals surface area (Å²) in [5.41, 5.74) is 7.37. The van der Waals surface area contributed by atoms with Crippen molar-refractivity contribution in [1.29, 1.82) is 0 Å². The number of anilines is 2. The van der Waals surface area contributed by atoms with E-state index >= 15 is 0 Å². The molecule has 2 rings (SSSR count). The highest BCUT2D eigenvalue weighted by atomic mass is 16.2. The van der Waals surface area contributed by atoms with Crippen molar-refractivity contribution >= 4 is 29.1 Å². The van der Waals surface area contributed by atoms with E-state index in [1.54, 1.807) is 30.1 Å². The number of nitrogens with zero attached hydrogens (tertiary/aromatic N) is 2. The Morgan fingerprint density at radius 2 is 2.00 bits per heavy atom. The van der Waals surface area contributed by atoms with Crippen LogP contribution in [0.1, 0.15) is 12.0 Å². The van der Waals surface area contributed by atoms with Gasteiger partial charge in [0, 0.05) is 31.9 Å². The fourth-order valence-corrected chi connectivity index (χ4v) is 2.13. The van der Waals surface area contributed by atoms with Gasteiger partial charge < -0.3 is 15.5 Å². The van der Waals surface area contributed by atoms with Crippen molar-refractivity contribution in [3.8, 4) is 0 Å². The number of benzene rings is 1. The van der Waals surface area contributed by atoms with E-state index < -0.39 is 11.8 Å². The summed E-state index contributed by atoms with van der Waals surface area (Å²) in [6.07, 6.45) is 1.07. The number of likely N-dealkylation sites (N-methyl/N-ethyl adjacent to an activating group) is 1. The van der Waals surface area contributed by atoms with Gasteiger partial charge in [-0.2, -0.15) is 0 Å². The van der Waals surface area contributed by atoms with E-state index in [4.69, 9.17) is 5.73 Å². The molecule has 0 aromatic heterocycles. The summed E-state index contributed by atoms with van der Waals surface area (Å²) in [6.45, 7) is 0. The monoisotopic (exact) mass is 261 g/mol. The van der Waals surface area contributed by atoms with Crippen LogP contribution in [0, 0.1) is 0 Å². The number of carbonyl (C=O) groups excluding carboxylic acids is 3. The van der Waals surface area contributed by atoms with Gasteiger partial charge in [0.15, 0.2) is 0 Å². The molecule has 1 aromatic carbocycles. The molecule has 1 aromatic rings. The van der Waals surface area contributed by atoms with E-state index in [9.17, 15) is 14.4 Å². The third-order valence-corrected chi connectivity index (χ3v) is 3.31. The molecule has 19 heavy (non-hydrogen) atoms. The molecule has 0 aliphatic carbocycles. The average molecular weight is 261 g/mol. The molecule has 2 N–H and O–H groups in total. The van der Waals surface area contributed by atoms with Crippen LogP contribution < -0.4 is 15.5 Å². The summed E-state index contributed by atoms with van der Waals surface area (Å²) >= 11 is 0. The molecular weight excluding hydrogens is 246 g/mol. The van der Waals surface area contributed by atoms with Gasteiger partial charge in [-0.05, 0) is 30.2 Å². The second-order valence-electron chi connectivity index (χ2n) is 4.49. The predicted molar refractivity (Wildman–Crippen MR) is 70.8 cm³/mol. The first-order chi connectivity index (χ1) is 8.91. The molecule has 6 nitrogen and oxygen atoms in total. The van der Waals surface area contributed by atoms with Crippen molar-refractivity contribution in [3.05, 3.63) is 23.8 Å². The molecule has 0 atom stereocenters. The van der Waals surface area contributed by atoms with Gasteiger partial charge in [-0.3, -0.25) is 14.4 Å². The van der Waals surface area contributed by atoms with E-state index in [1.807, 2.05) is 0 Å². The van der Waals surface area contributed by atoms with Crippen LogP contribution in [0.25, 0.3) is 0 Å². The van der Waals surface area contributed by atoms with Gasteiger partial charge in [0.25, 0.3) is 0 Å². The molecule has 1 aliphatic rings. The summed E-state index contributed by atoms with van der Waals surface area (Å²) in [5.74, 6) is -1.69. The SMILES string of the molecule is CN(C(=O)C(N)=O)c1ccc2c(c1)CCC(=O)N2C. The smallest absolute Gasteiger partial charge is 0.315 e. The minimum absolute atomic E-state index is 0.0711. The molecular formula is C13H15N3O3. The van der Waals surface area contributed by atoms with Gasteiger partial charge in [0.2, 0.25) is 5.91 Å². The Morgan fingerprint density at radius 3 is 2.63 bits per heavy atom. The lowest BCUT2D eigenvalue weighted by molar-refractivity contribution is -0.135. The average Bonchev–Trinajstić information content (AvgIpc) is 2.40. The second kappa shape index (κ2) is 4.72. The maximum atomic E-state index is 11.6. The van der Waals surface area contributed by atoms with Crippen LogP contribution in [0.15, 0.2) is 18.2 Å². The first kappa shape index (κ1) is 13.1. The quantitative estimate of drug-likeness (QED) is 0.725. The number of rotatable bonds is 1. The molecule has 0 saturated heterocycles. The Labute approximate surface area is 110 Å². The third kappa shape index (κ3) is 2.29. The van der Waals surface area contributed by atoms with Crippen LogP contribution >= 0.6 is 0 Å². The number of aryl methyl sites for hydroxylation is 1. The number of amides is 3. The fourth-order valence-electron chi connectivity index (χ4n) is 2.13. The number of primary amides is 1. The summed E-state index contributed by atoms with van der Waals surface area (Å²) in [6, 6.07) is 5.26. The second-order valence-corrected chi connectivity index (χ2v) is 4.49. The predicted octanol–water partition coefficient (Wildman–Crippen LogP) is 0.0437. The molecule has 0 bridgehead atoms. The van der Waals surface area contributed by atoms with Crippen molar-refractivity contribution < 1.29 is 14.4 Å². The topological polar surface area (TPSA) is 83.7 Å². The fraction of sp³-hybridized carbons (Fsp3) is 0.308. The molecule has 0 radical (unpaired) electrons. The lowest BCUT2D eigenvalue weighted by atomic mass is 10.0. The Balaban J connectivity index is 2.34. The zero-order valence-electron chi connectivity index (χ0n) is 10.8. The number of carbonyl (C=O) groups is 3. The van der Waals surface area contributed by atoms with E-state index in [-0.39, 0.29) is 5.91 Å². The largest absolute Gasteiger partial charge is 0.361 e. The highest BCUT2D eigenvalue weighted by Crippen LogP contribution is 2.30. The van der Waals surface area contributed by atoms with E-state index in [2.05, 4.69) is 0 Å². The Bertz CT molecular complexity index is 568. The summed E-state index contributed by atoms with van der Waals surface area (Å²) < 4.78 is 0. The maximum Gasteiger partial charge on any atom is 0.315 e. The van der Waals surface area contributed by atoms with Crippen molar-refractivity contribution in [2.45, 2.75) is 12.8 Å². The van der Waals surface area contributed by atoms with E-state index in [1.165, 1.54) is 11.9 Å². The Kier molecular flexibility index (Phi) is 3.25. The summed E-state index contributed by atoms with van der Waals surface area (Å²) in [4.78, 5) is 36.8. The molecule has 0 spiro atoms. The van der Waals surface area contributed by atoms with E-state index in [0.717, 1.165) is 11.3 Å². The van der Waals surface area contributed by atoms with Crippen LogP contribution in [0.2, 0.25) is 0 Å². The minimum atomic E-state index is -0.993. The van der Waals surface area contributed by atoms with Crippen molar-refractivity contribution in [2.24, 2.45) is 5.73 Å². The number of hydrogen-bond donors (Lipinski definition) is 1. The lowest BCUT2D eigenvalue weighted by Gasteiger charge is -2.27. The zero-order chi connectivity index (χ0) is 14.2. The van der Waals surface area contributed by atoms with Crippen molar-refractivity contribution in [2.75, 3.05) is 23.9 Å². The standard InChI is InChI=1S/C13H15N3O3/c1-15(13(19)12(14)18)9-4-5-10-8(7-9)3-6-11(17)16(10)2/h4-5,7H,3,6H2,1-2H3,(H2,14,18). The zero-order valence-corrected chi connectivity index (χ0v) is 10.8. The van der Waals surface area contributed by atoms with Gasteiger partial charge in [0.1, 0.15) is 0 Å². The molecule has 1 heterocycles. The van der Waals surface area contributed by atoms with Gasteiger partial charge in [-0.15, -0.1) is 0 Å². The third-order valence-electron chi connectivity index (χ3n) is 3.31. The highest BCUT2D eigenvalue weighted by Gasteiger charge is 2.23. The molecule has 100 valence electrons. The number of fused-ring (bicyclic) bond motifs is 1. The molecule has 1 aliphatic heterocycles. The highest BCUT2D eigenvalue weighted by molar-refractivity contribution is 6.39. The van der Waals surface area contributed by atoms with Crippen LogP contribution in [-0.2, 0) is 20.8 Å². The van der Waals surface area contributed by atoms with Crippen molar-refractivity contribution in [3.63, 3.8) is 0 Å². The van der Waals surface area contributed by atoms with Crippen LogP contribution in [0.4, 0.5) is 11.4 Å². The van der Waals surface area contributed by atoms with Gasteiger partial charge >= 0.3 is 11.8 Å². The number of nitrogens with two attached hydrogens (primary N) is 1. The van der Waals surface area contributed by atoms with Crippen LogP contribution in [-0.4, -0.2) is 31.8 Å². The van der Waals surface area contributed by atoms with Gasteiger partial charge in [-0.25, -0.2) is 0 Å². The van der Waals surface area contributed by atoms with Gasteiger partial charge in [0.05, 0.1) is 0 Å². The number of hydrogen-bond acceptors (Lipinski definition) is 3. The molecule has 0 saturated carbocycles. The lowest BCUT2D eigenvalue weighted by Crippen LogP contribution is -2.38. The van der Waals surface area contributed by atoms with E-state index in [0.29, 0.717) is 18.5 Å².